The topological polar surface area (TPSA) is 0 Å². The molecule has 2 aromatic rings. The molecule has 1 heteroatoms. The zero-order chi connectivity index (χ0) is 10.7. The fourth-order valence-corrected chi connectivity index (χ4v) is 1.77. The summed E-state index contributed by atoms with van der Waals surface area (Å²) < 4.78 is 0. The van der Waals surface area contributed by atoms with E-state index < -0.39 is 0 Å². The van der Waals surface area contributed by atoms with E-state index in [4.69, 9.17) is 0 Å². The van der Waals surface area contributed by atoms with Gasteiger partial charge >= 0.3 is 0 Å². The lowest BCUT2D eigenvalue weighted by molar-refractivity contribution is 1.19. The number of benzene rings is 2. The van der Waals surface area contributed by atoms with Gasteiger partial charge in [0, 0.05) is 0 Å². The number of hydrogen-bond donors (Lipinski definition) is 0. The van der Waals surface area contributed by atoms with Gasteiger partial charge in [-0.3, -0.25) is 0 Å². The maximum atomic E-state index is 2.71. The standard InChI is InChI=1S/C14H15P.CH4/c1-11-2-4-12(5-3-11)10-13-6-8-14(15)9-7-13;/h2-9H,10,15H2,1H3;1H4. The third-order valence-corrected chi connectivity index (χ3v) is 2.89. The summed E-state index contributed by atoms with van der Waals surface area (Å²) in [6.07, 6.45) is 1.02. The van der Waals surface area contributed by atoms with Gasteiger partial charge in [-0.1, -0.05) is 61.5 Å². The summed E-state index contributed by atoms with van der Waals surface area (Å²) in [6, 6.07) is 17.4. The smallest absolute Gasteiger partial charge is 0.00258 e. The van der Waals surface area contributed by atoms with Gasteiger partial charge in [0.25, 0.3) is 0 Å². The van der Waals surface area contributed by atoms with Gasteiger partial charge in [-0.15, -0.1) is 9.24 Å². The van der Waals surface area contributed by atoms with Gasteiger partial charge in [0.1, 0.15) is 0 Å². The first-order valence-electron chi connectivity index (χ1n) is 5.14. The molecule has 2 aromatic carbocycles. The van der Waals surface area contributed by atoms with Crippen molar-refractivity contribution in [2.75, 3.05) is 0 Å². The zero-order valence-electron chi connectivity index (χ0n) is 8.90. The first kappa shape index (κ1) is 12.9. The minimum atomic E-state index is 0. The predicted molar refractivity (Wildman–Crippen MR) is 76.5 cm³/mol. The minimum Gasteiger partial charge on any atom is -0.106 e. The van der Waals surface area contributed by atoms with Crippen LogP contribution in [0.2, 0.25) is 0 Å². The van der Waals surface area contributed by atoms with Crippen molar-refractivity contribution in [1.82, 2.24) is 0 Å². The van der Waals surface area contributed by atoms with Crippen molar-refractivity contribution in [2.24, 2.45) is 0 Å². The van der Waals surface area contributed by atoms with Gasteiger partial charge in [-0.05, 0) is 29.8 Å². The minimum absolute atomic E-state index is 0. The molecule has 0 spiro atoms. The summed E-state index contributed by atoms with van der Waals surface area (Å²) in [5, 5.41) is 1.24. The van der Waals surface area contributed by atoms with Crippen molar-refractivity contribution in [3.05, 3.63) is 65.2 Å². The molecule has 0 saturated heterocycles. The Hall–Kier alpha value is -1.13. The Morgan fingerprint density at radius 1 is 0.812 bits per heavy atom. The molecule has 16 heavy (non-hydrogen) atoms. The van der Waals surface area contributed by atoms with Crippen LogP contribution in [0.1, 0.15) is 24.1 Å². The Balaban J connectivity index is 0.00000128. The van der Waals surface area contributed by atoms with Crippen LogP contribution in [0.4, 0.5) is 0 Å². The van der Waals surface area contributed by atoms with Crippen molar-refractivity contribution in [3.8, 4) is 0 Å². The molecule has 0 radical (unpaired) electrons. The molecule has 0 N–H and O–H groups in total. The molecule has 0 fully saturated rings. The third kappa shape index (κ3) is 3.47. The summed E-state index contributed by atoms with van der Waals surface area (Å²) in [4.78, 5) is 0. The van der Waals surface area contributed by atoms with Crippen LogP contribution < -0.4 is 5.30 Å². The molecule has 0 aliphatic rings. The van der Waals surface area contributed by atoms with Gasteiger partial charge in [-0.2, -0.15) is 0 Å². The van der Waals surface area contributed by atoms with E-state index in [0.29, 0.717) is 0 Å². The molecule has 1 atom stereocenters. The first-order chi connectivity index (χ1) is 7.24. The highest BCUT2D eigenvalue weighted by Gasteiger charge is 1.95. The lowest BCUT2D eigenvalue weighted by Gasteiger charge is -2.02. The molecule has 0 amide bonds. The fraction of sp³-hybridized carbons (Fsp3) is 0.200. The molecule has 0 aromatic heterocycles. The van der Waals surface area contributed by atoms with Crippen LogP contribution >= 0.6 is 9.24 Å². The lowest BCUT2D eigenvalue weighted by atomic mass is 10.0. The Bertz CT molecular complexity index is 382. The van der Waals surface area contributed by atoms with Crippen molar-refractivity contribution < 1.29 is 0 Å². The largest absolute Gasteiger partial charge is 0.106 e. The van der Waals surface area contributed by atoms with Gasteiger partial charge in [0.15, 0.2) is 0 Å². The molecule has 1 unspecified atom stereocenters. The Labute approximate surface area is 101 Å². The molecule has 0 nitrogen and oxygen atoms in total. The highest BCUT2D eigenvalue weighted by molar-refractivity contribution is 7.27. The van der Waals surface area contributed by atoms with E-state index in [-0.39, 0.29) is 7.43 Å². The van der Waals surface area contributed by atoms with E-state index in [0.717, 1.165) is 6.42 Å². The van der Waals surface area contributed by atoms with Gasteiger partial charge in [-0.25, -0.2) is 0 Å². The van der Waals surface area contributed by atoms with Gasteiger partial charge in [0.2, 0.25) is 0 Å². The van der Waals surface area contributed by atoms with Crippen molar-refractivity contribution in [1.29, 1.82) is 0 Å². The van der Waals surface area contributed by atoms with Crippen LogP contribution in [0.25, 0.3) is 0 Å². The molecular weight excluding hydrogens is 211 g/mol. The average molecular weight is 230 g/mol. The van der Waals surface area contributed by atoms with Gasteiger partial charge in [0.05, 0.1) is 0 Å². The molecule has 2 rings (SSSR count). The second-order valence-electron chi connectivity index (χ2n) is 3.90. The quantitative estimate of drug-likeness (QED) is 0.690. The van der Waals surface area contributed by atoms with Crippen LogP contribution in [-0.2, 0) is 6.42 Å². The first-order valence-corrected chi connectivity index (χ1v) is 5.72. The van der Waals surface area contributed by atoms with Crippen LogP contribution in [0.5, 0.6) is 0 Å². The third-order valence-electron chi connectivity index (χ3n) is 2.51. The zero-order valence-corrected chi connectivity index (χ0v) is 10.1. The number of aryl methyl sites for hydroxylation is 1. The van der Waals surface area contributed by atoms with Crippen LogP contribution in [0.15, 0.2) is 48.5 Å². The Morgan fingerprint density at radius 2 is 1.25 bits per heavy atom. The summed E-state index contributed by atoms with van der Waals surface area (Å²) in [6.45, 7) is 2.12. The monoisotopic (exact) mass is 230 g/mol. The second kappa shape index (κ2) is 5.82. The van der Waals surface area contributed by atoms with Gasteiger partial charge < -0.3 is 0 Å². The van der Waals surface area contributed by atoms with E-state index in [1.54, 1.807) is 0 Å². The number of hydrogen-bond acceptors (Lipinski definition) is 0. The maximum absolute atomic E-state index is 2.71. The molecular formula is C15H19P. The second-order valence-corrected chi connectivity index (χ2v) is 4.57. The van der Waals surface area contributed by atoms with Crippen molar-refractivity contribution in [3.63, 3.8) is 0 Å². The van der Waals surface area contributed by atoms with Crippen LogP contribution in [0.3, 0.4) is 0 Å². The summed E-state index contributed by atoms with van der Waals surface area (Å²) in [7, 11) is 2.71. The fourth-order valence-electron chi connectivity index (χ4n) is 1.58. The van der Waals surface area contributed by atoms with Crippen LogP contribution in [-0.4, -0.2) is 0 Å². The maximum Gasteiger partial charge on any atom is -0.00258 e. The summed E-state index contributed by atoms with van der Waals surface area (Å²) >= 11 is 0. The molecule has 0 heterocycles. The van der Waals surface area contributed by atoms with E-state index in [1.807, 2.05) is 0 Å². The molecule has 0 aliphatic carbocycles. The average Bonchev–Trinajstić information content (AvgIpc) is 2.25. The van der Waals surface area contributed by atoms with E-state index in [1.165, 1.54) is 22.0 Å². The number of rotatable bonds is 2. The van der Waals surface area contributed by atoms with E-state index in [2.05, 4.69) is 64.7 Å². The molecule has 0 aliphatic heterocycles. The highest BCUT2D eigenvalue weighted by atomic mass is 31.0. The van der Waals surface area contributed by atoms with E-state index in [9.17, 15) is 0 Å². The van der Waals surface area contributed by atoms with Crippen molar-refractivity contribution in [2.45, 2.75) is 20.8 Å². The normalized spacial score (nSPS) is 9.62. The highest BCUT2D eigenvalue weighted by Crippen LogP contribution is 2.10. The SMILES string of the molecule is C.Cc1ccc(Cc2ccc(P)cc2)cc1. The summed E-state index contributed by atoms with van der Waals surface area (Å²) in [5.74, 6) is 0. The van der Waals surface area contributed by atoms with E-state index >= 15 is 0 Å². The Morgan fingerprint density at radius 3 is 1.75 bits per heavy atom. The lowest BCUT2D eigenvalue weighted by Crippen LogP contribution is -1.92. The van der Waals surface area contributed by atoms with Crippen LogP contribution in [0, 0.1) is 6.92 Å². The molecule has 84 valence electrons. The molecule has 0 saturated carbocycles. The van der Waals surface area contributed by atoms with Crippen molar-refractivity contribution >= 4 is 14.5 Å². The Kier molecular flexibility index (Phi) is 4.71. The molecule has 0 bridgehead atoms. The summed E-state index contributed by atoms with van der Waals surface area (Å²) in [5.41, 5.74) is 4.06. The predicted octanol–water partition coefficient (Wildman–Crippen LogP) is 3.72.